The molecular weight excluding hydrogens is 320 g/mol. The molecule has 0 radical (unpaired) electrons. The van der Waals surface area contributed by atoms with Crippen LogP contribution >= 0.6 is 15.9 Å². The molecule has 4 nitrogen and oxygen atoms in total. The molecular formula is C15H17BrN2O2. The summed E-state index contributed by atoms with van der Waals surface area (Å²) in [5, 5.41) is 13.3. The van der Waals surface area contributed by atoms with Gasteiger partial charge in [0.1, 0.15) is 5.69 Å². The molecule has 1 aromatic heterocycles. The zero-order chi connectivity index (χ0) is 14.9. The smallest absolute Gasteiger partial charge is 0.303 e. The largest absolute Gasteiger partial charge is 0.481 e. The van der Waals surface area contributed by atoms with Crippen molar-refractivity contribution in [1.82, 2.24) is 9.78 Å². The van der Waals surface area contributed by atoms with Crippen molar-refractivity contribution in [3.8, 4) is 11.3 Å². The fourth-order valence-corrected chi connectivity index (χ4v) is 2.87. The summed E-state index contributed by atoms with van der Waals surface area (Å²) in [5.74, 6) is -0.800. The molecule has 0 aliphatic carbocycles. The van der Waals surface area contributed by atoms with Gasteiger partial charge in [-0.1, -0.05) is 12.1 Å². The van der Waals surface area contributed by atoms with Gasteiger partial charge in [0.05, 0.1) is 16.6 Å². The number of rotatable bonds is 4. The Morgan fingerprint density at radius 1 is 1.35 bits per heavy atom. The predicted octanol–water partition coefficient (Wildman–Crippen LogP) is 3.48. The summed E-state index contributed by atoms with van der Waals surface area (Å²) in [7, 11) is 1.84. The topological polar surface area (TPSA) is 55.1 Å². The number of benzene rings is 1. The summed E-state index contributed by atoms with van der Waals surface area (Å²) in [4.78, 5) is 10.7. The maximum absolute atomic E-state index is 10.7. The number of aromatic nitrogens is 2. The minimum atomic E-state index is -0.800. The average Bonchev–Trinajstić information content (AvgIpc) is 2.66. The highest BCUT2D eigenvalue weighted by molar-refractivity contribution is 9.10. The standard InChI is InChI=1S/C15H17BrN2O2/c1-9-4-5-11(8-10(9)2)15-14(16)12(18(3)17-15)6-7-13(19)20/h4-5,8H,6-7H2,1-3H3,(H,19,20). The van der Waals surface area contributed by atoms with Crippen molar-refractivity contribution in [3.63, 3.8) is 0 Å². The molecule has 0 amide bonds. The van der Waals surface area contributed by atoms with Crippen molar-refractivity contribution < 1.29 is 9.90 Å². The number of carboxylic acid groups (broad SMARTS) is 1. The molecule has 106 valence electrons. The molecule has 0 spiro atoms. The molecule has 20 heavy (non-hydrogen) atoms. The number of hydrogen-bond donors (Lipinski definition) is 1. The summed E-state index contributed by atoms with van der Waals surface area (Å²) < 4.78 is 2.63. The lowest BCUT2D eigenvalue weighted by atomic mass is 10.0. The van der Waals surface area contributed by atoms with E-state index in [1.165, 1.54) is 11.1 Å². The fraction of sp³-hybridized carbons (Fsp3) is 0.333. The minimum Gasteiger partial charge on any atom is -0.481 e. The molecule has 0 bridgehead atoms. The van der Waals surface area contributed by atoms with Crippen molar-refractivity contribution in [2.75, 3.05) is 0 Å². The van der Waals surface area contributed by atoms with E-state index < -0.39 is 5.97 Å². The lowest BCUT2D eigenvalue weighted by Gasteiger charge is -2.03. The van der Waals surface area contributed by atoms with Gasteiger partial charge in [0, 0.05) is 19.0 Å². The molecule has 1 aromatic carbocycles. The average molecular weight is 337 g/mol. The first kappa shape index (κ1) is 14.8. The number of hydrogen-bond acceptors (Lipinski definition) is 2. The number of halogens is 1. The Morgan fingerprint density at radius 2 is 2.05 bits per heavy atom. The van der Waals surface area contributed by atoms with E-state index in [0.717, 1.165) is 21.4 Å². The summed E-state index contributed by atoms with van der Waals surface area (Å²) in [6.45, 7) is 4.14. The third-order valence-electron chi connectivity index (χ3n) is 3.46. The van der Waals surface area contributed by atoms with Crippen LogP contribution in [0.25, 0.3) is 11.3 Å². The van der Waals surface area contributed by atoms with Crippen LogP contribution in [0.4, 0.5) is 0 Å². The SMILES string of the molecule is Cc1ccc(-c2nn(C)c(CCC(=O)O)c2Br)cc1C. The molecule has 2 aromatic rings. The number of aliphatic carboxylic acids is 1. The van der Waals surface area contributed by atoms with Crippen LogP contribution in [0.5, 0.6) is 0 Å². The zero-order valence-corrected chi connectivity index (χ0v) is 13.4. The molecule has 0 saturated carbocycles. The van der Waals surface area contributed by atoms with Crippen molar-refractivity contribution in [2.45, 2.75) is 26.7 Å². The van der Waals surface area contributed by atoms with Crippen molar-refractivity contribution in [3.05, 3.63) is 39.5 Å². The Kier molecular flexibility index (Phi) is 4.28. The molecule has 0 aliphatic rings. The first-order valence-electron chi connectivity index (χ1n) is 6.41. The number of aryl methyl sites for hydroxylation is 3. The van der Waals surface area contributed by atoms with E-state index in [4.69, 9.17) is 5.11 Å². The number of carboxylic acids is 1. The van der Waals surface area contributed by atoms with E-state index in [2.05, 4.69) is 47.0 Å². The van der Waals surface area contributed by atoms with Gasteiger partial charge in [-0.3, -0.25) is 9.48 Å². The number of nitrogens with zero attached hydrogens (tertiary/aromatic N) is 2. The van der Waals surface area contributed by atoms with Gasteiger partial charge in [0.2, 0.25) is 0 Å². The van der Waals surface area contributed by atoms with Crippen LogP contribution in [0.2, 0.25) is 0 Å². The van der Waals surface area contributed by atoms with Crippen LogP contribution in [0.1, 0.15) is 23.2 Å². The van der Waals surface area contributed by atoms with Gasteiger partial charge < -0.3 is 5.11 Å². The lowest BCUT2D eigenvalue weighted by molar-refractivity contribution is -0.136. The van der Waals surface area contributed by atoms with E-state index in [1.807, 2.05) is 13.1 Å². The van der Waals surface area contributed by atoms with Gasteiger partial charge in [0.15, 0.2) is 0 Å². The molecule has 5 heteroatoms. The minimum absolute atomic E-state index is 0.102. The van der Waals surface area contributed by atoms with Gasteiger partial charge in [-0.15, -0.1) is 0 Å². The third kappa shape index (κ3) is 2.93. The highest BCUT2D eigenvalue weighted by Crippen LogP contribution is 2.31. The maximum Gasteiger partial charge on any atom is 0.303 e. The van der Waals surface area contributed by atoms with Crippen molar-refractivity contribution >= 4 is 21.9 Å². The molecule has 0 aliphatic heterocycles. The van der Waals surface area contributed by atoms with Crippen LogP contribution in [0.3, 0.4) is 0 Å². The van der Waals surface area contributed by atoms with Crippen LogP contribution in [-0.4, -0.2) is 20.9 Å². The van der Waals surface area contributed by atoms with E-state index >= 15 is 0 Å². The van der Waals surface area contributed by atoms with E-state index in [0.29, 0.717) is 6.42 Å². The predicted molar refractivity (Wildman–Crippen MR) is 81.8 cm³/mol. The Bertz CT molecular complexity index is 662. The Hall–Kier alpha value is -1.62. The first-order chi connectivity index (χ1) is 9.40. The summed E-state index contributed by atoms with van der Waals surface area (Å²) in [6.07, 6.45) is 0.564. The molecule has 0 unspecified atom stereocenters. The van der Waals surface area contributed by atoms with E-state index in [9.17, 15) is 4.79 Å². The van der Waals surface area contributed by atoms with Crippen molar-refractivity contribution in [1.29, 1.82) is 0 Å². The van der Waals surface area contributed by atoms with E-state index in [1.54, 1.807) is 4.68 Å². The highest BCUT2D eigenvalue weighted by atomic mass is 79.9. The van der Waals surface area contributed by atoms with Crippen LogP contribution in [0, 0.1) is 13.8 Å². The van der Waals surface area contributed by atoms with Crippen molar-refractivity contribution in [2.24, 2.45) is 7.05 Å². The maximum atomic E-state index is 10.7. The summed E-state index contributed by atoms with van der Waals surface area (Å²) >= 11 is 3.56. The second-order valence-corrected chi connectivity index (χ2v) is 5.72. The fourth-order valence-electron chi connectivity index (χ4n) is 2.10. The second-order valence-electron chi connectivity index (χ2n) is 4.93. The third-order valence-corrected chi connectivity index (χ3v) is 4.29. The van der Waals surface area contributed by atoms with Crippen LogP contribution in [0.15, 0.2) is 22.7 Å². The van der Waals surface area contributed by atoms with Crippen LogP contribution in [-0.2, 0) is 18.3 Å². The monoisotopic (exact) mass is 336 g/mol. The van der Waals surface area contributed by atoms with Gasteiger partial charge >= 0.3 is 5.97 Å². The first-order valence-corrected chi connectivity index (χ1v) is 7.20. The normalized spacial score (nSPS) is 10.8. The zero-order valence-electron chi connectivity index (χ0n) is 11.8. The van der Waals surface area contributed by atoms with Crippen LogP contribution < -0.4 is 0 Å². The second kappa shape index (κ2) is 5.79. The molecule has 0 saturated heterocycles. The lowest BCUT2D eigenvalue weighted by Crippen LogP contribution is -2.03. The molecule has 2 rings (SSSR count). The Morgan fingerprint density at radius 3 is 2.65 bits per heavy atom. The molecule has 0 atom stereocenters. The van der Waals surface area contributed by atoms with Gasteiger partial charge in [-0.2, -0.15) is 5.10 Å². The Balaban J connectivity index is 2.40. The Labute approximate surface area is 126 Å². The quantitative estimate of drug-likeness (QED) is 0.929. The summed E-state index contributed by atoms with van der Waals surface area (Å²) in [5.41, 5.74) is 5.26. The number of carbonyl (C=O) groups is 1. The van der Waals surface area contributed by atoms with Gasteiger partial charge in [-0.25, -0.2) is 0 Å². The molecule has 1 heterocycles. The molecule has 1 N–H and O–H groups in total. The van der Waals surface area contributed by atoms with Gasteiger partial charge in [-0.05, 0) is 47.0 Å². The van der Waals surface area contributed by atoms with E-state index in [-0.39, 0.29) is 6.42 Å². The highest BCUT2D eigenvalue weighted by Gasteiger charge is 2.16. The summed E-state index contributed by atoms with van der Waals surface area (Å²) in [6, 6.07) is 6.21. The molecule has 0 fully saturated rings. The van der Waals surface area contributed by atoms with Gasteiger partial charge in [0.25, 0.3) is 0 Å².